The van der Waals surface area contributed by atoms with Gasteiger partial charge < -0.3 is 5.73 Å². The summed E-state index contributed by atoms with van der Waals surface area (Å²) < 4.78 is 1.42. The number of nitrogen functional groups attached to an aromatic ring is 1. The van der Waals surface area contributed by atoms with Gasteiger partial charge in [0, 0.05) is 12.6 Å². The zero-order valence-corrected chi connectivity index (χ0v) is 8.62. The number of hydrogen-bond acceptors (Lipinski definition) is 4. The maximum atomic E-state index is 10.9. The monoisotopic (exact) mass is 218 g/mol. The molecule has 0 bridgehead atoms. The zero-order chi connectivity index (χ0) is 11.7. The van der Waals surface area contributed by atoms with Crippen molar-refractivity contribution in [2.45, 2.75) is 0 Å². The molecule has 6 nitrogen and oxygen atoms in total. The number of aryl methyl sites for hydroxylation is 1. The van der Waals surface area contributed by atoms with Gasteiger partial charge in [-0.1, -0.05) is 30.3 Å². The number of aromatic nitrogens is 2. The fraction of sp³-hybridized carbons (Fsp3) is 0.100. The lowest BCUT2D eigenvalue weighted by atomic mass is 10.1. The van der Waals surface area contributed by atoms with E-state index >= 15 is 0 Å². The summed E-state index contributed by atoms with van der Waals surface area (Å²) >= 11 is 0. The minimum Gasteiger partial charge on any atom is -0.376 e. The highest BCUT2D eigenvalue weighted by Gasteiger charge is 2.25. The SMILES string of the molecule is Cn1nc(N)c([N+](=O)[O-])c1-c1ccccc1. The van der Waals surface area contributed by atoms with E-state index in [9.17, 15) is 10.1 Å². The fourth-order valence-corrected chi connectivity index (χ4v) is 1.63. The molecule has 1 aromatic heterocycles. The molecule has 1 heterocycles. The second-order valence-corrected chi connectivity index (χ2v) is 3.33. The Balaban J connectivity index is 2.69. The van der Waals surface area contributed by atoms with Gasteiger partial charge in [0.1, 0.15) is 5.69 Å². The first-order chi connectivity index (χ1) is 7.61. The van der Waals surface area contributed by atoms with Crippen LogP contribution in [0.5, 0.6) is 0 Å². The van der Waals surface area contributed by atoms with Crippen molar-refractivity contribution in [1.29, 1.82) is 0 Å². The van der Waals surface area contributed by atoms with Crippen molar-refractivity contribution in [3.8, 4) is 11.3 Å². The Kier molecular flexibility index (Phi) is 2.32. The van der Waals surface area contributed by atoms with Crippen LogP contribution in [0.15, 0.2) is 30.3 Å². The molecule has 0 saturated carbocycles. The number of nitro groups is 1. The van der Waals surface area contributed by atoms with Crippen LogP contribution >= 0.6 is 0 Å². The standard InChI is InChI=1S/C10H10N4O2/c1-13-8(7-5-3-2-4-6-7)9(14(15)16)10(11)12-13/h2-6H,1H3,(H2,11,12). The Morgan fingerprint density at radius 3 is 2.56 bits per heavy atom. The van der Waals surface area contributed by atoms with Crippen LogP contribution in [0.1, 0.15) is 0 Å². The van der Waals surface area contributed by atoms with E-state index in [4.69, 9.17) is 5.73 Å². The van der Waals surface area contributed by atoms with Gasteiger partial charge in [0.15, 0.2) is 0 Å². The number of rotatable bonds is 2. The Bertz CT molecular complexity index is 533. The lowest BCUT2D eigenvalue weighted by Gasteiger charge is -2.00. The molecule has 0 fully saturated rings. The molecule has 0 aliphatic carbocycles. The van der Waals surface area contributed by atoms with Crippen LogP contribution < -0.4 is 5.73 Å². The van der Waals surface area contributed by atoms with Gasteiger partial charge >= 0.3 is 5.69 Å². The number of hydrogen-bond donors (Lipinski definition) is 1. The Morgan fingerprint density at radius 1 is 1.38 bits per heavy atom. The summed E-state index contributed by atoms with van der Waals surface area (Å²) in [6, 6.07) is 9.02. The van der Waals surface area contributed by atoms with Gasteiger partial charge in [-0.15, -0.1) is 5.10 Å². The number of benzene rings is 1. The minimum absolute atomic E-state index is 0.0636. The van der Waals surface area contributed by atoms with Gasteiger partial charge in [-0.2, -0.15) is 0 Å². The lowest BCUT2D eigenvalue weighted by Crippen LogP contribution is -1.96. The van der Waals surface area contributed by atoms with Gasteiger partial charge in [-0.05, 0) is 0 Å². The molecule has 6 heteroatoms. The largest absolute Gasteiger partial charge is 0.376 e. The highest BCUT2D eigenvalue weighted by atomic mass is 16.6. The molecule has 2 aromatic rings. The average Bonchev–Trinajstić information content (AvgIpc) is 2.55. The summed E-state index contributed by atoms with van der Waals surface area (Å²) in [6.45, 7) is 0. The van der Waals surface area contributed by atoms with E-state index in [1.54, 1.807) is 19.2 Å². The second-order valence-electron chi connectivity index (χ2n) is 3.33. The van der Waals surface area contributed by atoms with Crippen molar-refractivity contribution in [1.82, 2.24) is 9.78 Å². The van der Waals surface area contributed by atoms with Crippen LogP contribution in [0, 0.1) is 10.1 Å². The molecule has 1 aromatic carbocycles. The maximum absolute atomic E-state index is 10.9. The summed E-state index contributed by atoms with van der Waals surface area (Å²) in [6.07, 6.45) is 0. The first-order valence-electron chi connectivity index (χ1n) is 4.63. The molecular weight excluding hydrogens is 208 g/mol. The minimum atomic E-state index is -0.509. The number of nitrogens with zero attached hydrogens (tertiary/aromatic N) is 3. The topological polar surface area (TPSA) is 87.0 Å². The molecule has 2 rings (SSSR count). The zero-order valence-electron chi connectivity index (χ0n) is 8.62. The van der Waals surface area contributed by atoms with Gasteiger partial charge in [0.25, 0.3) is 0 Å². The molecular formula is C10H10N4O2. The summed E-state index contributed by atoms with van der Waals surface area (Å²) in [7, 11) is 1.63. The van der Waals surface area contributed by atoms with E-state index in [1.807, 2.05) is 18.2 Å². The van der Waals surface area contributed by atoms with Crippen LogP contribution in [0.25, 0.3) is 11.3 Å². The van der Waals surface area contributed by atoms with E-state index in [2.05, 4.69) is 5.10 Å². The van der Waals surface area contributed by atoms with E-state index < -0.39 is 4.92 Å². The first-order valence-corrected chi connectivity index (χ1v) is 4.63. The molecule has 2 N–H and O–H groups in total. The van der Waals surface area contributed by atoms with Crippen molar-refractivity contribution >= 4 is 11.5 Å². The van der Waals surface area contributed by atoms with Gasteiger partial charge in [0.05, 0.1) is 4.92 Å². The van der Waals surface area contributed by atoms with Crippen molar-refractivity contribution < 1.29 is 4.92 Å². The Labute approximate surface area is 91.5 Å². The second kappa shape index (κ2) is 3.65. The summed E-state index contributed by atoms with van der Waals surface area (Å²) in [5, 5.41) is 14.8. The third kappa shape index (κ3) is 1.50. The van der Waals surface area contributed by atoms with Crippen molar-refractivity contribution in [3.63, 3.8) is 0 Å². The first kappa shape index (κ1) is 10.2. The van der Waals surface area contributed by atoms with E-state index in [0.717, 1.165) is 5.56 Å². The average molecular weight is 218 g/mol. The molecule has 0 aliphatic heterocycles. The highest BCUT2D eigenvalue weighted by Crippen LogP contribution is 2.33. The smallest absolute Gasteiger partial charge is 0.338 e. The van der Waals surface area contributed by atoms with Crippen LogP contribution in [-0.2, 0) is 7.05 Å². The molecule has 0 spiro atoms. The molecule has 0 radical (unpaired) electrons. The van der Waals surface area contributed by atoms with E-state index in [1.165, 1.54) is 4.68 Å². The third-order valence-corrected chi connectivity index (χ3v) is 2.28. The molecule has 0 atom stereocenters. The molecule has 0 saturated heterocycles. The van der Waals surface area contributed by atoms with Crippen LogP contribution in [0.2, 0.25) is 0 Å². The predicted molar refractivity (Wildman–Crippen MR) is 59.7 cm³/mol. The van der Waals surface area contributed by atoms with Gasteiger partial charge in [-0.3, -0.25) is 14.8 Å². The quantitative estimate of drug-likeness (QED) is 0.612. The third-order valence-electron chi connectivity index (χ3n) is 2.28. The van der Waals surface area contributed by atoms with Crippen molar-refractivity contribution in [2.24, 2.45) is 7.05 Å². The molecule has 0 unspecified atom stereocenters. The normalized spacial score (nSPS) is 10.3. The van der Waals surface area contributed by atoms with Crippen LogP contribution in [0.4, 0.5) is 11.5 Å². The van der Waals surface area contributed by atoms with E-state index in [0.29, 0.717) is 5.69 Å². The van der Waals surface area contributed by atoms with Gasteiger partial charge in [0.2, 0.25) is 5.82 Å². The molecule has 16 heavy (non-hydrogen) atoms. The molecule has 82 valence electrons. The fourth-order valence-electron chi connectivity index (χ4n) is 1.63. The number of nitrogens with two attached hydrogens (primary N) is 1. The van der Waals surface area contributed by atoms with Crippen LogP contribution in [0.3, 0.4) is 0 Å². The van der Waals surface area contributed by atoms with Crippen molar-refractivity contribution in [3.05, 3.63) is 40.4 Å². The molecule has 0 amide bonds. The Morgan fingerprint density at radius 2 is 2.00 bits per heavy atom. The maximum Gasteiger partial charge on any atom is 0.338 e. The van der Waals surface area contributed by atoms with Gasteiger partial charge in [-0.25, -0.2) is 0 Å². The summed E-state index contributed by atoms with van der Waals surface area (Å²) in [5.74, 6) is -0.0636. The van der Waals surface area contributed by atoms with Crippen molar-refractivity contribution in [2.75, 3.05) is 5.73 Å². The summed E-state index contributed by atoms with van der Waals surface area (Å²) in [4.78, 5) is 10.4. The Hall–Kier alpha value is -2.37. The molecule has 0 aliphatic rings. The van der Waals surface area contributed by atoms with E-state index in [-0.39, 0.29) is 11.5 Å². The number of anilines is 1. The highest BCUT2D eigenvalue weighted by molar-refractivity contribution is 5.76. The summed E-state index contributed by atoms with van der Waals surface area (Å²) in [5.41, 5.74) is 6.50. The lowest BCUT2D eigenvalue weighted by molar-refractivity contribution is -0.383. The predicted octanol–water partition coefficient (Wildman–Crippen LogP) is 1.58. The van der Waals surface area contributed by atoms with Crippen LogP contribution in [-0.4, -0.2) is 14.7 Å².